The second kappa shape index (κ2) is 4.22. The Labute approximate surface area is 100 Å². The Hall–Kier alpha value is -1.81. The molecule has 0 aromatic carbocycles. The first-order valence-electron chi connectivity index (χ1n) is 5.81. The van der Waals surface area contributed by atoms with Crippen molar-refractivity contribution in [2.75, 3.05) is 6.54 Å². The molecule has 3 heterocycles. The van der Waals surface area contributed by atoms with Gasteiger partial charge in [-0.2, -0.15) is 0 Å². The molecule has 4 heteroatoms. The summed E-state index contributed by atoms with van der Waals surface area (Å²) in [6.07, 6.45) is 6.53. The maximum absolute atomic E-state index is 4.65. The van der Waals surface area contributed by atoms with E-state index < -0.39 is 0 Å². The number of fused-ring (bicyclic) bond motifs is 1. The first kappa shape index (κ1) is 10.4. The van der Waals surface area contributed by atoms with Crippen LogP contribution in [0.1, 0.15) is 16.8 Å². The maximum Gasteiger partial charge on any atom is 0.161 e. The number of nitrogens with zero attached hydrogens (tertiary/aromatic N) is 3. The number of hydrogen-bond donors (Lipinski definition) is 1. The molecule has 0 spiro atoms. The number of nitrogens with one attached hydrogen (secondary N) is 1. The van der Waals surface area contributed by atoms with Crippen LogP contribution in [0.2, 0.25) is 0 Å². The minimum atomic E-state index is 0.788. The van der Waals surface area contributed by atoms with Crippen molar-refractivity contribution in [1.29, 1.82) is 0 Å². The van der Waals surface area contributed by atoms with E-state index in [4.69, 9.17) is 0 Å². The Morgan fingerprint density at radius 1 is 1.29 bits per heavy atom. The van der Waals surface area contributed by atoms with Gasteiger partial charge in [-0.15, -0.1) is 0 Å². The van der Waals surface area contributed by atoms with Crippen LogP contribution in [0.15, 0.2) is 24.7 Å². The first-order valence-corrected chi connectivity index (χ1v) is 5.81. The highest BCUT2D eigenvalue weighted by Gasteiger charge is 2.13. The second-order valence-corrected chi connectivity index (χ2v) is 4.28. The predicted molar refractivity (Wildman–Crippen MR) is 65.4 cm³/mol. The molecule has 0 bridgehead atoms. The molecule has 0 atom stereocenters. The molecule has 0 amide bonds. The molecule has 0 saturated carbocycles. The van der Waals surface area contributed by atoms with Crippen molar-refractivity contribution in [2.24, 2.45) is 0 Å². The third kappa shape index (κ3) is 1.91. The second-order valence-electron chi connectivity index (χ2n) is 4.28. The molecular formula is C13H14N4. The van der Waals surface area contributed by atoms with Gasteiger partial charge in [0, 0.05) is 49.2 Å². The maximum atomic E-state index is 4.65. The van der Waals surface area contributed by atoms with Crippen LogP contribution >= 0.6 is 0 Å². The summed E-state index contributed by atoms with van der Waals surface area (Å²) in [5.41, 5.74) is 4.56. The van der Waals surface area contributed by atoms with Crippen molar-refractivity contribution in [3.8, 4) is 11.4 Å². The number of pyridine rings is 1. The zero-order chi connectivity index (χ0) is 11.7. The van der Waals surface area contributed by atoms with Gasteiger partial charge >= 0.3 is 0 Å². The van der Waals surface area contributed by atoms with E-state index in [1.165, 1.54) is 5.56 Å². The quantitative estimate of drug-likeness (QED) is 0.800. The van der Waals surface area contributed by atoms with Gasteiger partial charge < -0.3 is 5.32 Å². The number of rotatable bonds is 1. The van der Waals surface area contributed by atoms with Gasteiger partial charge in [0.15, 0.2) is 5.82 Å². The lowest BCUT2D eigenvalue weighted by molar-refractivity contribution is 0.626. The largest absolute Gasteiger partial charge is 0.312 e. The highest BCUT2D eigenvalue weighted by atomic mass is 14.9. The lowest BCUT2D eigenvalue weighted by atomic mass is 10.1. The van der Waals surface area contributed by atoms with Gasteiger partial charge in [-0.1, -0.05) is 0 Å². The van der Waals surface area contributed by atoms with Crippen molar-refractivity contribution in [3.05, 3.63) is 41.5 Å². The summed E-state index contributed by atoms with van der Waals surface area (Å²) in [6, 6.07) is 1.99. The van der Waals surface area contributed by atoms with E-state index >= 15 is 0 Å². The summed E-state index contributed by atoms with van der Waals surface area (Å²) in [6.45, 7) is 3.93. The van der Waals surface area contributed by atoms with Gasteiger partial charge in [-0.25, -0.2) is 9.97 Å². The van der Waals surface area contributed by atoms with Crippen molar-refractivity contribution in [3.63, 3.8) is 0 Å². The third-order valence-corrected chi connectivity index (χ3v) is 3.09. The molecular weight excluding hydrogens is 212 g/mol. The normalized spacial score (nSPS) is 14.4. The van der Waals surface area contributed by atoms with E-state index in [1.54, 1.807) is 6.20 Å². The average molecular weight is 226 g/mol. The lowest BCUT2D eigenvalue weighted by Gasteiger charge is -2.16. The fourth-order valence-corrected chi connectivity index (χ4v) is 2.06. The van der Waals surface area contributed by atoms with E-state index in [1.807, 2.05) is 18.5 Å². The van der Waals surface area contributed by atoms with Crippen molar-refractivity contribution in [2.45, 2.75) is 19.9 Å². The zero-order valence-corrected chi connectivity index (χ0v) is 9.77. The van der Waals surface area contributed by atoms with Crippen molar-refractivity contribution in [1.82, 2.24) is 20.3 Å². The molecule has 86 valence electrons. The van der Waals surface area contributed by atoms with Crippen LogP contribution in [0.25, 0.3) is 11.4 Å². The fraction of sp³-hybridized carbons (Fsp3) is 0.308. The van der Waals surface area contributed by atoms with Crippen LogP contribution in [-0.4, -0.2) is 21.5 Å². The summed E-state index contributed by atoms with van der Waals surface area (Å²) in [5.74, 6) is 0.788. The van der Waals surface area contributed by atoms with E-state index in [-0.39, 0.29) is 0 Å². The van der Waals surface area contributed by atoms with E-state index in [9.17, 15) is 0 Å². The molecule has 1 N–H and O–H groups in total. The molecule has 4 nitrogen and oxygen atoms in total. The van der Waals surface area contributed by atoms with E-state index in [0.717, 1.165) is 42.2 Å². The van der Waals surface area contributed by atoms with Crippen LogP contribution in [0.4, 0.5) is 0 Å². The number of aryl methyl sites for hydroxylation is 1. The molecule has 0 radical (unpaired) electrons. The third-order valence-electron chi connectivity index (χ3n) is 3.09. The summed E-state index contributed by atoms with van der Waals surface area (Å²) < 4.78 is 0. The molecule has 2 aromatic heterocycles. The standard InChI is InChI=1S/C13H14N4/c1-9-2-4-15-8-11(9)13-16-7-10-6-14-5-3-12(10)17-13/h2,4,7-8,14H,3,5-6H2,1H3. The number of hydrogen-bond acceptors (Lipinski definition) is 4. The summed E-state index contributed by atoms with van der Waals surface area (Å²) in [7, 11) is 0. The molecule has 0 fully saturated rings. The minimum Gasteiger partial charge on any atom is -0.312 e. The molecule has 1 aliphatic heterocycles. The Balaban J connectivity index is 2.07. The molecule has 0 aliphatic carbocycles. The fourth-order valence-electron chi connectivity index (χ4n) is 2.06. The highest BCUT2D eigenvalue weighted by Crippen LogP contribution is 2.20. The van der Waals surface area contributed by atoms with E-state index in [2.05, 4.69) is 27.2 Å². The van der Waals surface area contributed by atoms with Crippen LogP contribution in [0, 0.1) is 6.92 Å². The summed E-state index contributed by atoms with van der Waals surface area (Å²) in [5, 5.41) is 3.32. The lowest BCUT2D eigenvalue weighted by Crippen LogP contribution is -2.25. The van der Waals surface area contributed by atoms with Gasteiger partial charge in [0.25, 0.3) is 0 Å². The number of aromatic nitrogens is 3. The van der Waals surface area contributed by atoms with Gasteiger partial charge in [-0.05, 0) is 18.6 Å². The molecule has 0 saturated heterocycles. The van der Waals surface area contributed by atoms with Crippen LogP contribution in [0.5, 0.6) is 0 Å². The van der Waals surface area contributed by atoms with Crippen molar-refractivity contribution >= 4 is 0 Å². The summed E-state index contributed by atoms with van der Waals surface area (Å²) >= 11 is 0. The van der Waals surface area contributed by atoms with Crippen molar-refractivity contribution < 1.29 is 0 Å². The Bertz CT molecular complexity index is 551. The summed E-state index contributed by atoms with van der Waals surface area (Å²) in [4.78, 5) is 13.2. The Morgan fingerprint density at radius 2 is 2.24 bits per heavy atom. The minimum absolute atomic E-state index is 0.788. The molecule has 3 rings (SSSR count). The topological polar surface area (TPSA) is 50.7 Å². The highest BCUT2D eigenvalue weighted by molar-refractivity contribution is 5.58. The van der Waals surface area contributed by atoms with Gasteiger partial charge in [0.1, 0.15) is 0 Å². The smallest absolute Gasteiger partial charge is 0.161 e. The molecule has 2 aromatic rings. The molecule has 0 unspecified atom stereocenters. The predicted octanol–water partition coefficient (Wildman–Crippen LogP) is 1.49. The van der Waals surface area contributed by atoms with Crippen LogP contribution in [0.3, 0.4) is 0 Å². The SMILES string of the molecule is Cc1ccncc1-c1ncc2c(n1)CCNC2. The molecule has 1 aliphatic rings. The average Bonchev–Trinajstić information content (AvgIpc) is 2.39. The van der Waals surface area contributed by atoms with Gasteiger partial charge in [0.05, 0.1) is 5.69 Å². The van der Waals surface area contributed by atoms with Crippen LogP contribution in [-0.2, 0) is 13.0 Å². The first-order chi connectivity index (χ1) is 8.34. The van der Waals surface area contributed by atoms with Crippen LogP contribution < -0.4 is 5.32 Å². The van der Waals surface area contributed by atoms with Gasteiger partial charge in [-0.3, -0.25) is 4.98 Å². The van der Waals surface area contributed by atoms with Gasteiger partial charge in [0.2, 0.25) is 0 Å². The van der Waals surface area contributed by atoms with E-state index in [0.29, 0.717) is 0 Å². The Morgan fingerprint density at radius 3 is 3.12 bits per heavy atom. The zero-order valence-electron chi connectivity index (χ0n) is 9.77. The Kier molecular flexibility index (Phi) is 2.57. The molecule has 17 heavy (non-hydrogen) atoms. The monoisotopic (exact) mass is 226 g/mol.